The maximum Gasteiger partial charge on any atom is 0.315 e. The topological polar surface area (TPSA) is 62.2 Å². The molecule has 1 aromatic heterocycles. The highest BCUT2D eigenvalue weighted by atomic mass is 32.1. The van der Waals surface area contributed by atoms with Gasteiger partial charge in [0, 0.05) is 11.1 Å². The molecule has 21 heavy (non-hydrogen) atoms. The summed E-state index contributed by atoms with van der Waals surface area (Å²) in [5.41, 5.74) is 3.05. The minimum Gasteiger partial charge on any atom is -0.481 e. The predicted molar refractivity (Wildman–Crippen MR) is 86.6 cm³/mol. The Kier molecular flexibility index (Phi) is 4.32. The fraction of sp³-hybridized carbons (Fsp3) is 0.375. The lowest BCUT2D eigenvalue weighted by Crippen LogP contribution is -2.28. The molecule has 1 heterocycles. The third-order valence-corrected chi connectivity index (χ3v) is 4.41. The van der Waals surface area contributed by atoms with Gasteiger partial charge in [-0.15, -0.1) is 11.3 Å². The van der Waals surface area contributed by atoms with E-state index >= 15 is 0 Å². The molecular formula is C16H20N2O2S. The maximum absolute atomic E-state index is 11.3. The molecule has 0 unspecified atom stereocenters. The first-order chi connectivity index (χ1) is 9.86. The third-order valence-electron chi connectivity index (χ3n) is 3.65. The average Bonchev–Trinajstić information content (AvgIpc) is 2.90. The number of nitrogens with one attached hydrogen (secondary N) is 1. The molecule has 5 heteroatoms. The van der Waals surface area contributed by atoms with Crippen LogP contribution in [0.25, 0.3) is 0 Å². The molecule has 2 N–H and O–H groups in total. The molecule has 0 aliphatic heterocycles. The predicted octanol–water partition coefficient (Wildman–Crippen LogP) is 4.12. The second-order valence-electron chi connectivity index (χ2n) is 5.56. The van der Waals surface area contributed by atoms with E-state index in [2.05, 4.69) is 36.3 Å². The Morgan fingerprint density at radius 1 is 1.43 bits per heavy atom. The van der Waals surface area contributed by atoms with E-state index in [4.69, 9.17) is 0 Å². The summed E-state index contributed by atoms with van der Waals surface area (Å²) in [5.74, 6) is -0.871. The maximum atomic E-state index is 11.3. The summed E-state index contributed by atoms with van der Waals surface area (Å²) in [6.45, 7) is 7.50. The number of aromatic nitrogens is 1. The largest absolute Gasteiger partial charge is 0.481 e. The van der Waals surface area contributed by atoms with Crippen molar-refractivity contribution in [3.8, 4) is 0 Å². The van der Waals surface area contributed by atoms with E-state index in [-0.39, 0.29) is 0 Å². The first-order valence-electron chi connectivity index (χ1n) is 6.91. The SMILES string of the molecule is CCc1cccc(C)c1Nc1nc(C(C)(C)C(=O)O)cs1. The van der Waals surface area contributed by atoms with Crippen molar-refractivity contribution in [3.63, 3.8) is 0 Å². The monoisotopic (exact) mass is 304 g/mol. The van der Waals surface area contributed by atoms with E-state index in [1.165, 1.54) is 16.9 Å². The van der Waals surface area contributed by atoms with E-state index < -0.39 is 11.4 Å². The van der Waals surface area contributed by atoms with Gasteiger partial charge in [0.1, 0.15) is 5.41 Å². The third kappa shape index (κ3) is 3.08. The van der Waals surface area contributed by atoms with Crippen LogP contribution in [0.5, 0.6) is 0 Å². The molecule has 1 aromatic carbocycles. The number of aliphatic carboxylic acids is 1. The van der Waals surface area contributed by atoms with Crippen molar-refractivity contribution < 1.29 is 9.90 Å². The molecule has 0 radical (unpaired) electrons. The van der Waals surface area contributed by atoms with E-state index in [9.17, 15) is 9.90 Å². The van der Waals surface area contributed by atoms with Crippen LogP contribution in [-0.4, -0.2) is 16.1 Å². The number of nitrogens with zero attached hydrogens (tertiary/aromatic N) is 1. The summed E-state index contributed by atoms with van der Waals surface area (Å²) in [4.78, 5) is 15.7. The molecular weight excluding hydrogens is 284 g/mol. The van der Waals surface area contributed by atoms with E-state index in [1.54, 1.807) is 19.2 Å². The summed E-state index contributed by atoms with van der Waals surface area (Å²) in [5, 5.41) is 15.1. The molecule has 4 nitrogen and oxygen atoms in total. The van der Waals surface area contributed by atoms with Gasteiger partial charge in [-0.25, -0.2) is 4.98 Å². The second kappa shape index (κ2) is 5.85. The van der Waals surface area contributed by atoms with Gasteiger partial charge in [-0.3, -0.25) is 4.79 Å². The zero-order valence-corrected chi connectivity index (χ0v) is 13.5. The van der Waals surface area contributed by atoms with E-state index in [1.807, 2.05) is 6.07 Å². The molecule has 0 saturated carbocycles. The number of hydrogen-bond acceptors (Lipinski definition) is 4. The van der Waals surface area contributed by atoms with Crippen molar-refractivity contribution in [2.24, 2.45) is 0 Å². The Labute approximate surface area is 128 Å². The van der Waals surface area contributed by atoms with Crippen LogP contribution in [0.2, 0.25) is 0 Å². The summed E-state index contributed by atoms with van der Waals surface area (Å²) >= 11 is 1.43. The van der Waals surface area contributed by atoms with Crippen LogP contribution < -0.4 is 5.32 Å². The van der Waals surface area contributed by atoms with Gasteiger partial charge in [-0.05, 0) is 38.3 Å². The first kappa shape index (κ1) is 15.5. The van der Waals surface area contributed by atoms with Gasteiger partial charge >= 0.3 is 5.97 Å². The molecule has 0 aliphatic rings. The quantitative estimate of drug-likeness (QED) is 0.872. The van der Waals surface area contributed by atoms with E-state index in [0.29, 0.717) is 5.69 Å². The smallest absolute Gasteiger partial charge is 0.315 e. The highest BCUT2D eigenvalue weighted by Gasteiger charge is 2.32. The minimum atomic E-state index is -0.976. The van der Waals surface area contributed by atoms with Gasteiger partial charge < -0.3 is 10.4 Å². The van der Waals surface area contributed by atoms with Crippen molar-refractivity contribution in [2.75, 3.05) is 5.32 Å². The Morgan fingerprint density at radius 3 is 2.76 bits per heavy atom. The Hall–Kier alpha value is -1.88. The highest BCUT2D eigenvalue weighted by molar-refractivity contribution is 7.13. The number of aryl methyl sites for hydroxylation is 2. The normalized spacial score (nSPS) is 11.4. The summed E-state index contributed by atoms with van der Waals surface area (Å²) < 4.78 is 0. The first-order valence-corrected chi connectivity index (χ1v) is 7.79. The molecule has 0 aliphatic carbocycles. The minimum absolute atomic E-state index is 0.578. The second-order valence-corrected chi connectivity index (χ2v) is 6.41. The fourth-order valence-corrected chi connectivity index (χ4v) is 2.92. The number of carboxylic acids is 1. The Morgan fingerprint density at radius 2 is 2.14 bits per heavy atom. The van der Waals surface area contributed by atoms with Crippen LogP contribution in [0.1, 0.15) is 37.6 Å². The zero-order chi connectivity index (χ0) is 15.6. The zero-order valence-electron chi connectivity index (χ0n) is 12.7. The number of anilines is 2. The van der Waals surface area contributed by atoms with Gasteiger partial charge in [0.25, 0.3) is 0 Å². The molecule has 2 aromatic rings. The molecule has 0 atom stereocenters. The lowest BCUT2D eigenvalue weighted by Gasteiger charge is -2.16. The van der Waals surface area contributed by atoms with Crippen LogP contribution in [-0.2, 0) is 16.6 Å². The van der Waals surface area contributed by atoms with Crippen molar-refractivity contribution in [3.05, 3.63) is 40.4 Å². The number of carboxylic acid groups (broad SMARTS) is 1. The lowest BCUT2D eigenvalue weighted by atomic mass is 9.90. The number of carbonyl (C=O) groups is 1. The molecule has 0 fully saturated rings. The molecule has 0 bridgehead atoms. The van der Waals surface area contributed by atoms with Gasteiger partial charge in [0.2, 0.25) is 0 Å². The molecule has 2 rings (SSSR count). The number of para-hydroxylation sites is 1. The summed E-state index contributed by atoms with van der Waals surface area (Å²) in [6.07, 6.45) is 0.933. The van der Waals surface area contributed by atoms with Crippen LogP contribution in [0, 0.1) is 6.92 Å². The summed E-state index contributed by atoms with van der Waals surface area (Å²) in [7, 11) is 0. The van der Waals surface area contributed by atoms with Crippen LogP contribution in [0.3, 0.4) is 0 Å². The van der Waals surface area contributed by atoms with Crippen molar-refractivity contribution in [1.82, 2.24) is 4.98 Å². The fourth-order valence-electron chi connectivity index (χ4n) is 2.04. The molecule has 0 amide bonds. The molecule has 0 spiro atoms. The molecule has 0 saturated heterocycles. The van der Waals surface area contributed by atoms with Crippen LogP contribution >= 0.6 is 11.3 Å². The summed E-state index contributed by atoms with van der Waals surface area (Å²) in [6, 6.07) is 6.18. The van der Waals surface area contributed by atoms with Gasteiger partial charge in [-0.2, -0.15) is 0 Å². The van der Waals surface area contributed by atoms with Gasteiger partial charge in [0.15, 0.2) is 5.13 Å². The molecule has 112 valence electrons. The van der Waals surface area contributed by atoms with Gasteiger partial charge in [-0.1, -0.05) is 25.1 Å². The van der Waals surface area contributed by atoms with Gasteiger partial charge in [0.05, 0.1) is 5.69 Å². The lowest BCUT2D eigenvalue weighted by molar-refractivity contribution is -0.142. The van der Waals surface area contributed by atoms with Crippen LogP contribution in [0.4, 0.5) is 10.8 Å². The average molecular weight is 304 g/mol. The van der Waals surface area contributed by atoms with Crippen LogP contribution in [0.15, 0.2) is 23.6 Å². The number of rotatable bonds is 5. The van der Waals surface area contributed by atoms with Crippen molar-refractivity contribution in [1.29, 1.82) is 0 Å². The van der Waals surface area contributed by atoms with Crippen molar-refractivity contribution in [2.45, 2.75) is 39.5 Å². The highest BCUT2D eigenvalue weighted by Crippen LogP contribution is 2.31. The number of hydrogen-bond donors (Lipinski definition) is 2. The number of benzene rings is 1. The standard InChI is InChI=1S/C16H20N2O2S/c1-5-11-8-6-7-10(2)13(11)18-15-17-12(9-21-15)16(3,4)14(19)20/h6-9H,5H2,1-4H3,(H,17,18)(H,19,20). The number of thiazole rings is 1. The van der Waals surface area contributed by atoms with Crippen molar-refractivity contribution >= 4 is 28.1 Å². The van der Waals surface area contributed by atoms with E-state index in [0.717, 1.165) is 22.8 Å². The Bertz CT molecular complexity index is 662. The Balaban J connectivity index is 2.31.